The molecular formula is C13H18N2O5. The van der Waals surface area contributed by atoms with Crippen LogP contribution < -0.4 is 0 Å². The van der Waals surface area contributed by atoms with E-state index in [4.69, 9.17) is 9.52 Å². The molecule has 1 aliphatic heterocycles. The molecule has 0 aliphatic carbocycles. The highest BCUT2D eigenvalue weighted by atomic mass is 16.4. The van der Waals surface area contributed by atoms with Crippen molar-refractivity contribution < 1.29 is 24.2 Å². The topological polar surface area (TPSA) is 94.2 Å². The van der Waals surface area contributed by atoms with Gasteiger partial charge in [0.1, 0.15) is 11.8 Å². The van der Waals surface area contributed by atoms with E-state index in [1.165, 1.54) is 9.80 Å². The number of amides is 2. The molecule has 2 rings (SSSR count). The molecule has 1 aliphatic rings. The van der Waals surface area contributed by atoms with Gasteiger partial charge in [0.2, 0.25) is 0 Å². The van der Waals surface area contributed by atoms with Crippen LogP contribution >= 0.6 is 0 Å². The van der Waals surface area contributed by atoms with Gasteiger partial charge in [0.05, 0.1) is 18.9 Å². The molecule has 20 heavy (non-hydrogen) atoms. The molecule has 7 heteroatoms. The van der Waals surface area contributed by atoms with Gasteiger partial charge in [-0.1, -0.05) is 0 Å². The number of likely N-dealkylation sites (tertiary alicyclic amines) is 1. The summed E-state index contributed by atoms with van der Waals surface area (Å²) in [4.78, 5) is 26.0. The van der Waals surface area contributed by atoms with Crippen LogP contribution in [-0.4, -0.2) is 57.8 Å². The van der Waals surface area contributed by atoms with Gasteiger partial charge in [-0.15, -0.1) is 0 Å². The van der Waals surface area contributed by atoms with Crippen molar-refractivity contribution in [3.63, 3.8) is 0 Å². The Bertz CT molecular complexity index is 513. The summed E-state index contributed by atoms with van der Waals surface area (Å²) < 4.78 is 5.16. The molecule has 110 valence electrons. The predicted octanol–water partition coefficient (Wildman–Crippen LogP) is 0.660. The second kappa shape index (κ2) is 5.54. The number of β-amino-alcohol motifs (C(OH)–C–C–N with tert-alkyl or cyclic N) is 1. The van der Waals surface area contributed by atoms with E-state index in [1.807, 2.05) is 0 Å². The van der Waals surface area contributed by atoms with E-state index in [0.29, 0.717) is 6.54 Å². The third kappa shape index (κ3) is 2.77. The number of aliphatic hydroxyl groups excluding tert-OH is 1. The number of rotatable bonds is 3. The quantitative estimate of drug-likeness (QED) is 0.849. The maximum atomic E-state index is 12.3. The van der Waals surface area contributed by atoms with Crippen molar-refractivity contribution in [2.24, 2.45) is 0 Å². The Balaban J connectivity index is 2.06. The second-order valence-corrected chi connectivity index (χ2v) is 5.04. The zero-order chi connectivity index (χ0) is 14.9. The van der Waals surface area contributed by atoms with Gasteiger partial charge < -0.3 is 24.4 Å². The molecule has 0 spiro atoms. The minimum Gasteiger partial charge on any atom is -0.480 e. The molecule has 0 unspecified atom stereocenters. The minimum absolute atomic E-state index is 0.0461. The van der Waals surface area contributed by atoms with Crippen molar-refractivity contribution in [3.8, 4) is 0 Å². The largest absolute Gasteiger partial charge is 0.480 e. The third-order valence-electron chi connectivity index (χ3n) is 3.51. The van der Waals surface area contributed by atoms with Crippen molar-refractivity contribution in [1.29, 1.82) is 0 Å². The number of aryl methyl sites for hydroxylation is 1. The summed E-state index contributed by atoms with van der Waals surface area (Å²) in [5.74, 6) is -0.372. The highest BCUT2D eigenvalue weighted by molar-refractivity contribution is 5.83. The van der Waals surface area contributed by atoms with Crippen LogP contribution in [0, 0.1) is 6.92 Å². The minimum atomic E-state index is -1.09. The first-order valence-corrected chi connectivity index (χ1v) is 6.35. The number of aliphatic hydroxyl groups is 1. The molecular weight excluding hydrogens is 264 g/mol. The number of carbonyl (C=O) groups is 2. The maximum absolute atomic E-state index is 12.3. The van der Waals surface area contributed by atoms with Gasteiger partial charge in [0.15, 0.2) is 0 Å². The van der Waals surface area contributed by atoms with Crippen molar-refractivity contribution in [2.75, 3.05) is 13.6 Å². The van der Waals surface area contributed by atoms with Gasteiger partial charge in [0.25, 0.3) is 0 Å². The second-order valence-electron chi connectivity index (χ2n) is 5.04. The van der Waals surface area contributed by atoms with Crippen molar-refractivity contribution in [3.05, 3.63) is 23.7 Å². The zero-order valence-corrected chi connectivity index (χ0v) is 11.4. The van der Waals surface area contributed by atoms with E-state index in [9.17, 15) is 14.7 Å². The Labute approximate surface area is 116 Å². The fraction of sp³-hybridized carbons (Fsp3) is 0.538. The highest BCUT2D eigenvalue weighted by Crippen LogP contribution is 2.21. The van der Waals surface area contributed by atoms with Crippen LogP contribution in [0.5, 0.6) is 0 Å². The first-order chi connectivity index (χ1) is 9.40. The van der Waals surface area contributed by atoms with Crippen molar-refractivity contribution in [1.82, 2.24) is 9.80 Å². The zero-order valence-electron chi connectivity index (χ0n) is 11.4. The number of hydrogen-bond donors (Lipinski definition) is 2. The number of hydrogen-bond acceptors (Lipinski definition) is 4. The molecule has 0 bridgehead atoms. The number of carbonyl (C=O) groups excluding carboxylic acids is 1. The fourth-order valence-corrected chi connectivity index (χ4v) is 2.38. The van der Waals surface area contributed by atoms with Gasteiger partial charge in [-0.25, -0.2) is 9.59 Å². The average molecular weight is 282 g/mol. The van der Waals surface area contributed by atoms with E-state index in [-0.39, 0.29) is 13.0 Å². The molecule has 0 saturated carbocycles. The third-order valence-corrected chi connectivity index (χ3v) is 3.51. The molecule has 0 radical (unpaired) electrons. The number of furan rings is 1. The molecule has 1 saturated heterocycles. The van der Waals surface area contributed by atoms with Crippen LogP contribution in [-0.2, 0) is 11.3 Å². The smallest absolute Gasteiger partial charge is 0.326 e. The Hall–Kier alpha value is -2.02. The summed E-state index contributed by atoms with van der Waals surface area (Å²) in [6, 6.07) is 0.395. The van der Waals surface area contributed by atoms with Crippen LogP contribution in [0.2, 0.25) is 0 Å². The lowest BCUT2D eigenvalue weighted by Crippen LogP contribution is -2.46. The molecule has 1 aromatic heterocycles. The Kier molecular flexibility index (Phi) is 3.99. The molecule has 1 aromatic rings. The number of carboxylic acid groups (broad SMARTS) is 1. The van der Waals surface area contributed by atoms with Gasteiger partial charge in [-0.2, -0.15) is 0 Å². The normalized spacial score (nSPS) is 22.1. The number of urea groups is 1. The molecule has 2 atom stereocenters. The number of nitrogens with zero attached hydrogens (tertiary/aromatic N) is 2. The summed E-state index contributed by atoms with van der Waals surface area (Å²) in [7, 11) is 1.60. The highest BCUT2D eigenvalue weighted by Gasteiger charge is 2.40. The van der Waals surface area contributed by atoms with Crippen molar-refractivity contribution >= 4 is 12.0 Å². The van der Waals surface area contributed by atoms with Gasteiger partial charge in [-0.3, -0.25) is 0 Å². The lowest BCUT2D eigenvalue weighted by atomic mass is 10.2. The summed E-state index contributed by atoms with van der Waals surface area (Å²) in [5, 5.41) is 18.7. The van der Waals surface area contributed by atoms with E-state index in [1.54, 1.807) is 26.3 Å². The molecule has 2 N–H and O–H groups in total. The molecule has 1 fully saturated rings. The summed E-state index contributed by atoms with van der Waals surface area (Å²) in [6.45, 7) is 2.18. The van der Waals surface area contributed by atoms with E-state index in [2.05, 4.69) is 0 Å². The Morgan fingerprint density at radius 3 is 2.80 bits per heavy atom. The molecule has 2 heterocycles. The summed E-state index contributed by atoms with van der Waals surface area (Å²) in [5.41, 5.74) is 0.868. The van der Waals surface area contributed by atoms with E-state index >= 15 is 0 Å². The van der Waals surface area contributed by atoms with Crippen LogP contribution in [0.4, 0.5) is 4.79 Å². The van der Waals surface area contributed by atoms with Gasteiger partial charge >= 0.3 is 12.0 Å². The lowest BCUT2D eigenvalue weighted by Gasteiger charge is -2.27. The standard InChI is InChI=1S/C13H18N2O5/c1-8-9(3-4-20-8)6-14(2)13(19)15-7-10(16)5-11(15)12(17)18/h3-4,10-11,16H,5-7H2,1-2H3,(H,17,18)/t10-,11+/m1/s1. The van der Waals surface area contributed by atoms with Crippen molar-refractivity contribution in [2.45, 2.75) is 32.0 Å². The predicted molar refractivity (Wildman–Crippen MR) is 69.1 cm³/mol. The molecule has 2 amide bonds. The molecule has 0 aromatic carbocycles. The van der Waals surface area contributed by atoms with Crippen LogP contribution in [0.15, 0.2) is 16.7 Å². The van der Waals surface area contributed by atoms with Crippen LogP contribution in [0.25, 0.3) is 0 Å². The van der Waals surface area contributed by atoms with Gasteiger partial charge in [0, 0.05) is 25.6 Å². The number of carboxylic acids is 1. The summed E-state index contributed by atoms with van der Waals surface area (Å²) in [6.07, 6.45) is 0.826. The van der Waals surface area contributed by atoms with Crippen LogP contribution in [0.3, 0.4) is 0 Å². The van der Waals surface area contributed by atoms with Crippen LogP contribution in [0.1, 0.15) is 17.7 Å². The van der Waals surface area contributed by atoms with E-state index in [0.717, 1.165) is 11.3 Å². The lowest BCUT2D eigenvalue weighted by molar-refractivity contribution is -0.141. The summed E-state index contributed by atoms with van der Waals surface area (Å²) >= 11 is 0. The maximum Gasteiger partial charge on any atom is 0.326 e. The van der Waals surface area contributed by atoms with E-state index < -0.39 is 24.1 Å². The average Bonchev–Trinajstić information content (AvgIpc) is 2.95. The molecule has 7 nitrogen and oxygen atoms in total. The van der Waals surface area contributed by atoms with Gasteiger partial charge in [-0.05, 0) is 13.0 Å². The first-order valence-electron chi connectivity index (χ1n) is 6.35. The fourth-order valence-electron chi connectivity index (χ4n) is 2.38. The first kappa shape index (κ1) is 14.4. The SMILES string of the molecule is Cc1occc1CN(C)C(=O)N1C[C@H](O)C[C@H]1C(=O)O. The monoisotopic (exact) mass is 282 g/mol. The Morgan fingerprint density at radius 2 is 2.25 bits per heavy atom. The number of aliphatic carboxylic acids is 1. The Morgan fingerprint density at radius 1 is 1.55 bits per heavy atom.